The molecule has 2 atom stereocenters. The van der Waals surface area contributed by atoms with Crippen LogP contribution in [0.25, 0.3) is 70.0 Å². The smallest absolute Gasteiger partial charge is 0.220 e. The fourth-order valence-electron chi connectivity index (χ4n) is 6.72. The molecule has 0 N–H and O–H groups in total. The molecule has 6 heterocycles. The topological polar surface area (TPSA) is 18.5 Å². The standard InChI is InChI=1S/C46H44O2S10/c1-5-9-23-51-45(49)47-31(7-3)35-17-21-39(55-35)37-19-15-33(53-37)27-11-13-29-41(25-27)57-44-30-14-12-28(26-42(30)58-43(29)44)34-16-20-38(54-34)40-22-18-36(56-40)32(8-4)48-46(50)52-24-10-6-2/h11-22,25-26,31-32H,5-10,23-24H2,1-4H3. The second-order valence-electron chi connectivity index (χ2n) is 13.9. The van der Waals surface area contributed by atoms with Crippen LogP contribution >= 0.6 is 116 Å². The molecule has 0 aliphatic rings. The van der Waals surface area contributed by atoms with Gasteiger partial charge in [-0.2, -0.15) is 0 Å². The van der Waals surface area contributed by atoms with Crippen molar-refractivity contribution in [2.24, 2.45) is 0 Å². The maximum Gasteiger partial charge on any atom is 0.220 e. The zero-order chi connectivity index (χ0) is 40.2. The Bertz CT molecular complexity index is 2480. The molecule has 2 nitrogen and oxygen atoms in total. The quantitative estimate of drug-likeness (QED) is 0.0705. The lowest BCUT2D eigenvalue weighted by Gasteiger charge is -2.16. The molecule has 0 amide bonds. The molecule has 0 saturated carbocycles. The van der Waals surface area contributed by atoms with Gasteiger partial charge in [-0.25, -0.2) is 0 Å². The molecule has 0 saturated heterocycles. The molecular weight excluding hydrogens is 905 g/mol. The summed E-state index contributed by atoms with van der Waals surface area (Å²) in [6.07, 6.45) is 6.48. The first kappa shape index (κ1) is 42.6. The Balaban J connectivity index is 0.962. The Labute approximate surface area is 385 Å². The van der Waals surface area contributed by atoms with Crippen LogP contribution in [0.15, 0.2) is 84.9 Å². The number of rotatable bonds is 16. The number of ether oxygens (including phenoxy) is 2. The van der Waals surface area contributed by atoms with Gasteiger partial charge in [-0.15, -0.1) is 68.0 Å². The Morgan fingerprint density at radius 2 is 0.897 bits per heavy atom. The lowest BCUT2D eigenvalue weighted by Crippen LogP contribution is -2.05. The summed E-state index contributed by atoms with van der Waals surface area (Å²) in [6.45, 7) is 8.75. The number of benzene rings is 2. The number of hydrogen-bond acceptors (Lipinski definition) is 12. The molecule has 0 bridgehead atoms. The van der Waals surface area contributed by atoms with Crippen LogP contribution in [-0.4, -0.2) is 20.3 Å². The zero-order valence-corrected chi connectivity index (χ0v) is 41.0. The second kappa shape index (κ2) is 19.7. The Morgan fingerprint density at radius 1 is 0.500 bits per heavy atom. The van der Waals surface area contributed by atoms with Gasteiger partial charge in [-0.3, -0.25) is 0 Å². The van der Waals surface area contributed by atoms with E-state index >= 15 is 0 Å². The monoisotopic (exact) mass is 948 g/mol. The van der Waals surface area contributed by atoms with Gasteiger partial charge in [0, 0.05) is 70.7 Å². The molecular formula is C46H44O2S10. The lowest BCUT2D eigenvalue weighted by atomic mass is 10.1. The van der Waals surface area contributed by atoms with Gasteiger partial charge in [0.2, 0.25) is 8.77 Å². The summed E-state index contributed by atoms with van der Waals surface area (Å²) in [5.74, 6) is 2.04. The Kier molecular flexibility index (Phi) is 14.5. The van der Waals surface area contributed by atoms with Crippen molar-refractivity contribution >= 4 is 154 Å². The van der Waals surface area contributed by atoms with Gasteiger partial charge in [-0.1, -0.05) is 88.3 Å². The molecule has 6 aromatic heterocycles. The van der Waals surface area contributed by atoms with Gasteiger partial charge < -0.3 is 9.47 Å². The van der Waals surface area contributed by atoms with Crippen molar-refractivity contribution in [2.45, 2.75) is 78.4 Å². The molecule has 8 rings (SSSR count). The fourth-order valence-corrected chi connectivity index (χ4v) is 16.2. The maximum atomic E-state index is 6.22. The number of fused-ring (bicyclic) bond motifs is 5. The number of thiocarbonyl (C=S) groups is 2. The van der Waals surface area contributed by atoms with Gasteiger partial charge in [0.05, 0.1) is 9.40 Å². The normalized spacial score (nSPS) is 12.8. The molecule has 2 unspecified atom stereocenters. The van der Waals surface area contributed by atoms with E-state index in [1.54, 1.807) is 23.5 Å². The molecule has 12 heteroatoms. The van der Waals surface area contributed by atoms with E-state index in [1.807, 2.05) is 68.0 Å². The molecule has 0 aliphatic carbocycles. The third-order valence-electron chi connectivity index (χ3n) is 9.89. The van der Waals surface area contributed by atoms with Crippen molar-refractivity contribution in [3.63, 3.8) is 0 Å². The highest BCUT2D eigenvalue weighted by Gasteiger charge is 2.20. The summed E-state index contributed by atoms with van der Waals surface area (Å²) in [6, 6.07) is 32.0. The molecule has 8 aromatic rings. The van der Waals surface area contributed by atoms with E-state index in [0.717, 1.165) is 37.2 Å². The van der Waals surface area contributed by atoms with E-state index in [-0.39, 0.29) is 12.2 Å². The van der Waals surface area contributed by atoms with Crippen LogP contribution < -0.4 is 0 Å². The second-order valence-corrected chi connectivity index (χ2v) is 23.8. The van der Waals surface area contributed by atoms with Gasteiger partial charge in [-0.05, 0) is 122 Å². The Morgan fingerprint density at radius 3 is 1.31 bits per heavy atom. The van der Waals surface area contributed by atoms with E-state index in [2.05, 4.69) is 113 Å². The van der Waals surface area contributed by atoms with E-state index < -0.39 is 0 Å². The minimum Gasteiger partial charge on any atom is -0.470 e. The van der Waals surface area contributed by atoms with Gasteiger partial charge in [0.15, 0.2) is 0 Å². The molecule has 58 heavy (non-hydrogen) atoms. The van der Waals surface area contributed by atoms with Gasteiger partial charge in [0.1, 0.15) is 12.2 Å². The summed E-state index contributed by atoms with van der Waals surface area (Å²) < 4.78 is 19.2. The summed E-state index contributed by atoms with van der Waals surface area (Å²) >= 11 is 25.6. The Hall–Kier alpha value is -2.10. The average Bonchev–Trinajstić information content (AvgIpc) is 4.09. The molecule has 0 aliphatic heterocycles. The van der Waals surface area contributed by atoms with Crippen molar-refractivity contribution in [1.29, 1.82) is 0 Å². The summed E-state index contributed by atoms with van der Waals surface area (Å²) in [5, 5.41) is 2.70. The molecule has 2 aromatic carbocycles. The van der Waals surface area contributed by atoms with Gasteiger partial charge in [0.25, 0.3) is 0 Å². The molecule has 0 spiro atoms. The van der Waals surface area contributed by atoms with Crippen molar-refractivity contribution in [3.8, 4) is 40.4 Å². The van der Waals surface area contributed by atoms with Gasteiger partial charge >= 0.3 is 0 Å². The van der Waals surface area contributed by atoms with E-state index in [1.165, 1.54) is 92.6 Å². The van der Waals surface area contributed by atoms with E-state index in [9.17, 15) is 0 Å². The van der Waals surface area contributed by atoms with E-state index in [4.69, 9.17) is 33.9 Å². The summed E-state index contributed by atoms with van der Waals surface area (Å²) in [5.41, 5.74) is 2.55. The predicted molar refractivity (Wildman–Crippen MR) is 276 cm³/mol. The van der Waals surface area contributed by atoms with Crippen LogP contribution in [0.2, 0.25) is 0 Å². The van der Waals surface area contributed by atoms with Crippen molar-refractivity contribution in [2.75, 3.05) is 11.5 Å². The van der Waals surface area contributed by atoms with Crippen molar-refractivity contribution < 1.29 is 9.47 Å². The van der Waals surface area contributed by atoms with Crippen LogP contribution in [0.4, 0.5) is 0 Å². The summed E-state index contributed by atoms with van der Waals surface area (Å²) in [4.78, 5) is 10.2. The third-order valence-corrected chi connectivity index (χ3v) is 20.0. The predicted octanol–water partition coefficient (Wildman–Crippen LogP) is 18.8. The lowest BCUT2D eigenvalue weighted by molar-refractivity contribution is 0.204. The zero-order valence-electron chi connectivity index (χ0n) is 32.8. The molecule has 0 fully saturated rings. The number of hydrogen-bond donors (Lipinski definition) is 0. The van der Waals surface area contributed by atoms with Crippen LogP contribution in [-0.2, 0) is 9.47 Å². The third kappa shape index (κ3) is 9.52. The number of thioether (sulfide) groups is 2. The highest BCUT2D eigenvalue weighted by Crippen LogP contribution is 2.48. The van der Waals surface area contributed by atoms with Crippen LogP contribution in [0.1, 0.15) is 88.2 Å². The van der Waals surface area contributed by atoms with Crippen LogP contribution in [0.3, 0.4) is 0 Å². The highest BCUT2D eigenvalue weighted by molar-refractivity contribution is 8.22. The first-order chi connectivity index (χ1) is 28.3. The molecule has 0 radical (unpaired) electrons. The van der Waals surface area contributed by atoms with Crippen molar-refractivity contribution in [3.05, 3.63) is 94.7 Å². The largest absolute Gasteiger partial charge is 0.470 e. The number of thiophene rings is 6. The summed E-state index contributed by atoms with van der Waals surface area (Å²) in [7, 11) is 0. The van der Waals surface area contributed by atoms with Crippen molar-refractivity contribution in [1.82, 2.24) is 0 Å². The fraction of sp³-hybridized carbons (Fsp3) is 0.304. The first-order valence-electron chi connectivity index (χ1n) is 19.8. The first-order valence-corrected chi connectivity index (χ1v) is 27.5. The average molecular weight is 950 g/mol. The minimum atomic E-state index is 0.0103. The number of unbranched alkanes of at least 4 members (excludes halogenated alkanes) is 2. The van der Waals surface area contributed by atoms with E-state index in [0.29, 0.717) is 8.77 Å². The highest BCUT2D eigenvalue weighted by atomic mass is 32.2. The minimum absolute atomic E-state index is 0.0103. The van der Waals surface area contributed by atoms with Crippen LogP contribution in [0, 0.1) is 0 Å². The van der Waals surface area contributed by atoms with Crippen LogP contribution in [0.5, 0.6) is 0 Å². The SMILES string of the molecule is CCCCSC(=S)OC(CC)c1ccc(-c2ccc(-c3ccc4c(c3)sc3c5ccc(-c6ccc(-c7ccc(C(CC)OC(=S)SCCCC)s7)s6)cc5sc43)s2)s1. The maximum absolute atomic E-state index is 6.22. The molecule has 300 valence electrons.